The predicted molar refractivity (Wildman–Crippen MR) is 204 cm³/mol. The minimum absolute atomic E-state index is 0.120. The number of carbonyl (C=O) groups is 2. The van der Waals surface area contributed by atoms with Crippen molar-refractivity contribution >= 4 is 12.2 Å². The van der Waals surface area contributed by atoms with Crippen molar-refractivity contribution in [2.75, 3.05) is 0 Å². The van der Waals surface area contributed by atoms with Gasteiger partial charge in [0, 0.05) is 0 Å². The van der Waals surface area contributed by atoms with Crippen LogP contribution >= 0.6 is 0 Å². The number of rotatable bonds is 9. The summed E-state index contributed by atoms with van der Waals surface area (Å²) in [7, 11) is 0. The molecule has 2 fully saturated rings. The van der Waals surface area contributed by atoms with Crippen molar-refractivity contribution in [3.63, 3.8) is 0 Å². The summed E-state index contributed by atoms with van der Waals surface area (Å²) in [5.41, 5.74) is 3.82. The number of hydrogen-bond acceptors (Lipinski definition) is 6. The molecule has 4 N–H and O–H groups in total. The van der Waals surface area contributed by atoms with Crippen LogP contribution in [0.25, 0.3) is 33.6 Å². The van der Waals surface area contributed by atoms with Gasteiger partial charge in [-0.1, -0.05) is 75.7 Å². The summed E-state index contributed by atoms with van der Waals surface area (Å²) in [6.07, 6.45) is 8.04. The normalized spacial score (nSPS) is 21.5. The van der Waals surface area contributed by atoms with Crippen molar-refractivity contribution in [1.82, 2.24) is 30.6 Å². The van der Waals surface area contributed by atoms with E-state index in [9.17, 15) is 9.59 Å². The first-order valence-electron chi connectivity index (χ1n) is 18.6. The molecule has 4 atom stereocenters. The molecule has 0 aliphatic heterocycles. The molecule has 2 saturated carbocycles. The van der Waals surface area contributed by atoms with Gasteiger partial charge in [0.15, 0.2) is 0 Å². The third kappa shape index (κ3) is 7.48. The minimum Gasteiger partial charge on any atom is -0.444 e. The van der Waals surface area contributed by atoms with Crippen molar-refractivity contribution in [3.05, 3.63) is 72.6 Å². The van der Waals surface area contributed by atoms with Crippen molar-refractivity contribution < 1.29 is 19.1 Å². The predicted octanol–water partition coefficient (Wildman–Crippen LogP) is 10.1. The lowest BCUT2D eigenvalue weighted by molar-refractivity contribution is -0.00113. The maximum absolute atomic E-state index is 12.9. The van der Waals surface area contributed by atoms with Gasteiger partial charge in [0.25, 0.3) is 0 Å². The molecule has 10 heteroatoms. The molecule has 0 bridgehead atoms. The number of ether oxygens (including phenoxy) is 2. The van der Waals surface area contributed by atoms with Gasteiger partial charge in [-0.25, -0.2) is 19.6 Å². The summed E-state index contributed by atoms with van der Waals surface area (Å²) in [4.78, 5) is 42.4. The Morgan fingerprint density at radius 2 is 1.25 bits per heavy atom. The number of nitrogens with one attached hydrogen (secondary N) is 4. The van der Waals surface area contributed by atoms with E-state index >= 15 is 0 Å². The monoisotopic (exact) mass is 708 g/mol. The van der Waals surface area contributed by atoms with Crippen molar-refractivity contribution in [3.8, 4) is 33.6 Å². The van der Waals surface area contributed by atoms with Gasteiger partial charge >= 0.3 is 12.2 Å². The van der Waals surface area contributed by atoms with Crippen molar-refractivity contribution in [2.45, 2.75) is 124 Å². The molecule has 2 aliphatic rings. The summed E-state index contributed by atoms with van der Waals surface area (Å²) in [6, 6.07) is 16.5. The van der Waals surface area contributed by atoms with E-state index in [4.69, 9.17) is 19.4 Å². The maximum Gasteiger partial charge on any atom is 0.408 e. The van der Waals surface area contributed by atoms with E-state index in [0.29, 0.717) is 5.92 Å². The van der Waals surface area contributed by atoms with Gasteiger partial charge in [-0.2, -0.15) is 0 Å². The number of amides is 2. The summed E-state index contributed by atoms with van der Waals surface area (Å²) >= 11 is 0. The first-order valence-corrected chi connectivity index (χ1v) is 18.6. The number of hydrogen-bond donors (Lipinski definition) is 4. The van der Waals surface area contributed by atoms with Crippen LogP contribution in [0.4, 0.5) is 9.59 Å². The molecule has 10 nitrogen and oxygen atoms in total. The molecular weight excluding hydrogens is 652 g/mol. The van der Waals surface area contributed by atoms with Crippen LogP contribution in [0.1, 0.15) is 119 Å². The van der Waals surface area contributed by atoms with Crippen LogP contribution in [-0.2, 0) is 15.0 Å². The van der Waals surface area contributed by atoms with Gasteiger partial charge in [0.05, 0.1) is 29.8 Å². The van der Waals surface area contributed by atoms with E-state index in [-0.39, 0.29) is 16.9 Å². The standard InChI is InChI=1S/C42H56N6O4/c1-26-20-23-41(26,9)33(47-36(49)51-38(2,3)4)34-43-24-31(45-34)29-16-12-27(13-17-29)28-14-18-30(19-15-28)32-25-44-35(46-32)42(10,40(8)21-11-22-40)48-37(50)52-39(5,6)7/h12-19,24-26,33H,11,20-23H2,1-10H3,(H,43,45)(H,44,46)(H,47,49)(H,48,50)/t26?,33-,41?,42?/m1/s1. The largest absolute Gasteiger partial charge is 0.444 e. The average molecular weight is 709 g/mol. The van der Waals surface area contributed by atoms with Crippen LogP contribution in [-0.4, -0.2) is 43.3 Å². The molecule has 2 heterocycles. The Bertz CT molecular complexity index is 1890. The number of aromatic nitrogens is 4. The summed E-state index contributed by atoms with van der Waals surface area (Å²) in [5, 5.41) is 6.30. The van der Waals surface area contributed by atoms with Gasteiger partial charge in [-0.3, -0.25) is 0 Å². The van der Waals surface area contributed by atoms with Gasteiger partial charge < -0.3 is 30.1 Å². The Balaban J connectivity index is 1.17. The highest BCUT2D eigenvalue weighted by molar-refractivity contribution is 5.72. The van der Waals surface area contributed by atoms with Crippen molar-refractivity contribution in [2.24, 2.45) is 16.7 Å². The van der Waals surface area contributed by atoms with Gasteiger partial charge in [-0.05, 0) is 113 Å². The highest BCUT2D eigenvalue weighted by atomic mass is 16.6. The first kappa shape index (κ1) is 37.2. The number of aromatic amines is 2. The molecule has 52 heavy (non-hydrogen) atoms. The fourth-order valence-corrected chi connectivity index (χ4v) is 7.54. The van der Waals surface area contributed by atoms with Gasteiger partial charge in [0.2, 0.25) is 0 Å². The van der Waals surface area contributed by atoms with Crippen LogP contribution in [0.3, 0.4) is 0 Å². The lowest BCUT2D eigenvalue weighted by Crippen LogP contribution is -2.58. The zero-order chi connectivity index (χ0) is 37.7. The Kier molecular flexibility index (Phi) is 9.60. The molecule has 2 aromatic carbocycles. The van der Waals surface area contributed by atoms with E-state index in [0.717, 1.165) is 77.4 Å². The molecule has 0 radical (unpaired) electrons. The van der Waals surface area contributed by atoms with Crippen LogP contribution in [0.15, 0.2) is 60.9 Å². The van der Waals surface area contributed by atoms with E-state index in [1.165, 1.54) is 0 Å². The average Bonchev–Trinajstić information content (AvgIpc) is 3.75. The van der Waals surface area contributed by atoms with E-state index in [1.807, 2.05) is 60.9 Å². The molecule has 0 saturated heterocycles. The Morgan fingerprint density at radius 3 is 1.71 bits per heavy atom. The lowest BCUT2D eigenvalue weighted by Gasteiger charge is -2.51. The maximum atomic E-state index is 12.9. The number of alkyl carbamates (subject to hydrolysis) is 2. The Morgan fingerprint density at radius 1 is 0.750 bits per heavy atom. The topological polar surface area (TPSA) is 134 Å². The second-order valence-corrected chi connectivity index (χ2v) is 17.7. The minimum atomic E-state index is -0.716. The second kappa shape index (κ2) is 13.4. The number of nitrogens with zero attached hydrogens (tertiary/aromatic N) is 2. The zero-order valence-electron chi connectivity index (χ0n) is 32.5. The molecule has 2 amide bonds. The van der Waals surface area contributed by atoms with Crippen molar-refractivity contribution in [1.29, 1.82) is 0 Å². The fourth-order valence-electron chi connectivity index (χ4n) is 7.54. The fraction of sp³-hybridized carbons (Fsp3) is 0.524. The van der Waals surface area contributed by atoms with Crippen LogP contribution in [0, 0.1) is 16.7 Å². The molecule has 278 valence electrons. The second-order valence-electron chi connectivity index (χ2n) is 17.7. The van der Waals surface area contributed by atoms with E-state index in [1.54, 1.807) is 0 Å². The number of H-pyrrole nitrogens is 2. The third-order valence-corrected chi connectivity index (χ3v) is 11.6. The molecule has 3 unspecified atom stereocenters. The highest BCUT2D eigenvalue weighted by Gasteiger charge is 2.53. The smallest absolute Gasteiger partial charge is 0.408 e. The first-order chi connectivity index (χ1) is 24.3. The van der Waals surface area contributed by atoms with Crippen LogP contribution in [0.5, 0.6) is 0 Å². The van der Waals surface area contributed by atoms with E-state index < -0.39 is 28.9 Å². The molecule has 6 rings (SSSR count). The summed E-state index contributed by atoms with van der Waals surface area (Å²) < 4.78 is 11.3. The summed E-state index contributed by atoms with van der Waals surface area (Å²) in [6.45, 7) is 19.9. The molecule has 2 aliphatic carbocycles. The number of benzene rings is 2. The summed E-state index contributed by atoms with van der Waals surface area (Å²) in [5.74, 6) is 1.90. The molecular formula is C42H56N6O4. The molecule has 0 spiro atoms. The van der Waals surface area contributed by atoms with Gasteiger partial charge in [-0.15, -0.1) is 0 Å². The third-order valence-electron chi connectivity index (χ3n) is 11.6. The quantitative estimate of drug-likeness (QED) is 0.137. The Labute approximate surface area is 308 Å². The Hall–Kier alpha value is -4.60. The highest BCUT2D eigenvalue weighted by Crippen LogP contribution is 2.54. The molecule has 2 aromatic heterocycles. The lowest BCUT2D eigenvalue weighted by atomic mass is 9.58. The van der Waals surface area contributed by atoms with Gasteiger partial charge in [0.1, 0.15) is 28.4 Å². The zero-order valence-corrected chi connectivity index (χ0v) is 32.5. The number of imidazole rings is 2. The van der Waals surface area contributed by atoms with Crippen LogP contribution in [0.2, 0.25) is 0 Å². The SMILES string of the molecule is CC1CCC1(C)[C@H](NC(=O)OC(C)(C)C)c1ncc(-c2ccc(-c3ccc(-c4cnc(C(C)(NC(=O)OC(C)(C)C)C5(C)CCC5)[nH]4)cc3)cc2)[nH]1. The van der Waals surface area contributed by atoms with Crippen LogP contribution < -0.4 is 10.6 Å². The molecule has 4 aromatic rings. The van der Waals surface area contributed by atoms with E-state index in [2.05, 4.69) is 89.9 Å². The number of carbonyl (C=O) groups excluding carboxylic acids is 2.